The third-order valence-corrected chi connectivity index (χ3v) is 3.36. The molecule has 92 valence electrons. The molecule has 0 fully saturated rings. The summed E-state index contributed by atoms with van der Waals surface area (Å²) >= 11 is 10.1. The first-order chi connectivity index (χ1) is 8.13. The first-order valence-corrected chi connectivity index (χ1v) is 6.38. The van der Waals surface area contributed by atoms with Crippen LogP contribution in [0.25, 0.3) is 10.9 Å². The molecule has 0 amide bonds. The number of fused-ring (bicyclic) bond motifs is 1. The van der Waals surface area contributed by atoms with Crippen LogP contribution in [0.4, 0.5) is 0 Å². The van der Waals surface area contributed by atoms with Crippen molar-refractivity contribution in [1.29, 1.82) is 0 Å². The van der Waals surface area contributed by atoms with Gasteiger partial charge in [0.25, 0.3) is 0 Å². The minimum atomic E-state index is -0.978. The van der Waals surface area contributed by atoms with Crippen LogP contribution in [0.2, 0.25) is 5.02 Å². The number of benzene rings is 1. The zero-order valence-corrected chi connectivity index (χ0v) is 10.7. The highest BCUT2D eigenvalue weighted by atomic mass is 35.5. The molecular formula is C12H14ClNO2S. The lowest BCUT2D eigenvalue weighted by Crippen LogP contribution is -2.19. The first kappa shape index (κ1) is 12.8. The van der Waals surface area contributed by atoms with Gasteiger partial charge in [0.1, 0.15) is 6.10 Å². The number of aliphatic hydroxyl groups excluding tert-OH is 2. The fourth-order valence-electron chi connectivity index (χ4n) is 1.82. The smallest absolute Gasteiger partial charge is 0.106 e. The summed E-state index contributed by atoms with van der Waals surface area (Å²) in [5, 5.41) is 21.2. The third kappa shape index (κ3) is 2.60. The van der Waals surface area contributed by atoms with Crippen molar-refractivity contribution in [2.75, 3.05) is 5.75 Å². The average Bonchev–Trinajstić information content (AvgIpc) is 2.74. The van der Waals surface area contributed by atoms with E-state index in [-0.39, 0.29) is 0 Å². The van der Waals surface area contributed by atoms with E-state index in [0.29, 0.717) is 22.8 Å². The molecule has 3 nitrogen and oxygen atoms in total. The summed E-state index contributed by atoms with van der Waals surface area (Å²) in [5.74, 6) is 0.516. The van der Waals surface area contributed by atoms with E-state index in [4.69, 9.17) is 11.6 Å². The molecule has 5 heteroatoms. The molecule has 0 aliphatic heterocycles. The van der Waals surface area contributed by atoms with Crippen LogP contribution in [0.5, 0.6) is 0 Å². The standard InChI is InChI=1S/C12H14ClNO2S/c13-9-6-10-7(1-3-14-10)5-8(9)12(16)11(15)2-4-17/h1,3,5-6,11-12,14-17H,2,4H2. The van der Waals surface area contributed by atoms with E-state index < -0.39 is 12.2 Å². The predicted octanol–water partition coefficient (Wildman–Crippen LogP) is 2.54. The van der Waals surface area contributed by atoms with Crippen LogP contribution in [-0.2, 0) is 0 Å². The van der Waals surface area contributed by atoms with Crippen molar-refractivity contribution in [3.8, 4) is 0 Å². The van der Waals surface area contributed by atoms with Crippen molar-refractivity contribution in [2.45, 2.75) is 18.6 Å². The van der Waals surface area contributed by atoms with Gasteiger partial charge in [-0.1, -0.05) is 11.6 Å². The summed E-state index contributed by atoms with van der Waals surface area (Å²) in [6.45, 7) is 0. The molecule has 2 rings (SSSR count). The van der Waals surface area contributed by atoms with Gasteiger partial charge < -0.3 is 15.2 Å². The Labute approximate surface area is 110 Å². The molecule has 1 heterocycles. The van der Waals surface area contributed by atoms with Crippen molar-refractivity contribution in [3.05, 3.63) is 35.0 Å². The third-order valence-electron chi connectivity index (χ3n) is 2.78. The summed E-state index contributed by atoms with van der Waals surface area (Å²) in [4.78, 5) is 3.04. The topological polar surface area (TPSA) is 56.2 Å². The van der Waals surface area contributed by atoms with Crippen LogP contribution >= 0.6 is 24.2 Å². The van der Waals surface area contributed by atoms with Crippen molar-refractivity contribution in [3.63, 3.8) is 0 Å². The maximum Gasteiger partial charge on any atom is 0.106 e. The van der Waals surface area contributed by atoms with E-state index in [0.717, 1.165) is 10.9 Å². The quantitative estimate of drug-likeness (QED) is 0.646. The lowest BCUT2D eigenvalue weighted by molar-refractivity contribution is 0.0174. The summed E-state index contributed by atoms with van der Waals surface area (Å²) in [5.41, 5.74) is 1.46. The Hall–Kier alpha value is -0.680. The van der Waals surface area contributed by atoms with Gasteiger partial charge in [-0.2, -0.15) is 12.6 Å². The van der Waals surface area contributed by atoms with E-state index >= 15 is 0 Å². The van der Waals surface area contributed by atoms with Gasteiger partial charge in [-0.15, -0.1) is 0 Å². The van der Waals surface area contributed by atoms with Crippen molar-refractivity contribution in [1.82, 2.24) is 4.98 Å². The Morgan fingerprint density at radius 1 is 1.35 bits per heavy atom. The number of nitrogens with one attached hydrogen (secondary N) is 1. The summed E-state index contributed by atoms with van der Waals surface area (Å²) < 4.78 is 0. The van der Waals surface area contributed by atoms with Crippen LogP contribution < -0.4 is 0 Å². The lowest BCUT2D eigenvalue weighted by atomic mass is 10.0. The summed E-state index contributed by atoms with van der Waals surface area (Å²) in [6.07, 6.45) is 0.405. The molecular weight excluding hydrogens is 258 g/mol. The second kappa shape index (κ2) is 5.31. The Bertz CT molecular complexity index is 514. The normalized spacial score (nSPS) is 15.1. The number of thiol groups is 1. The van der Waals surface area contributed by atoms with Gasteiger partial charge in [0, 0.05) is 22.3 Å². The van der Waals surface area contributed by atoms with Gasteiger partial charge >= 0.3 is 0 Å². The zero-order chi connectivity index (χ0) is 12.4. The second-order valence-corrected chi connectivity index (χ2v) is 4.82. The van der Waals surface area contributed by atoms with E-state index in [1.807, 2.05) is 6.07 Å². The van der Waals surface area contributed by atoms with Crippen LogP contribution in [0.3, 0.4) is 0 Å². The van der Waals surface area contributed by atoms with Crippen molar-refractivity contribution < 1.29 is 10.2 Å². The first-order valence-electron chi connectivity index (χ1n) is 5.37. The fraction of sp³-hybridized carbons (Fsp3) is 0.333. The van der Waals surface area contributed by atoms with Crippen LogP contribution in [0.1, 0.15) is 18.1 Å². The zero-order valence-electron chi connectivity index (χ0n) is 9.10. The molecule has 2 atom stereocenters. The SMILES string of the molecule is OC(CCS)C(O)c1cc2cc[nH]c2cc1Cl. The van der Waals surface area contributed by atoms with Gasteiger partial charge in [-0.05, 0) is 35.8 Å². The fourth-order valence-corrected chi connectivity index (χ4v) is 2.36. The number of aromatic nitrogens is 1. The monoisotopic (exact) mass is 271 g/mol. The maximum absolute atomic E-state index is 10.0. The number of hydrogen-bond acceptors (Lipinski definition) is 3. The summed E-state index contributed by atoms with van der Waals surface area (Å²) in [7, 11) is 0. The Morgan fingerprint density at radius 3 is 2.82 bits per heavy atom. The van der Waals surface area contributed by atoms with E-state index in [2.05, 4.69) is 17.6 Å². The van der Waals surface area contributed by atoms with Crippen molar-refractivity contribution >= 4 is 35.1 Å². The number of halogens is 1. The Balaban J connectivity index is 2.36. The maximum atomic E-state index is 10.0. The number of hydrogen-bond donors (Lipinski definition) is 4. The molecule has 0 radical (unpaired) electrons. The van der Waals surface area contributed by atoms with Crippen molar-refractivity contribution in [2.24, 2.45) is 0 Å². The highest BCUT2D eigenvalue weighted by Crippen LogP contribution is 2.30. The molecule has 17 heavy (non-hydrogen) atoms. The summed E-state index contributed by atoms with van der Waals surface area (Å²) in [6, 6.07) is 5.44. The molecule has 0 bridgehead atoms. The van der Waals surface area contributed by atoms with Gasteiger partial charge in [-0.25, -0.2) is 0 Å². The highest BCUT2D eigenvalue weighted by Gasteiger charge is 2.20. The van der Waals surface area contributed by atoms with Gasteiger partial charge in [0.05, 0.1) is 6.10 Å². The molecule has 0 saturated heterocycles. The molecule has 1 aromatic heterocycles. The Morgan fingerprint density at radius 2 is 2.12 bits per heavy atom. The number of rotatable bonds is 4. The predicted molar refractivity (Wildman–Crippen MR) is 72.7 cm³/mol. The largest absolute Gasteiger partial charge is 0.390 e. The molecule has 2 unspecified atom stereocenters. The van der Waals surface area contributed by atoms with E-state index in [1.165, 1.54) is 0 Å². The molecule has 0 spiro atoms. The molecule has 3 N–H and O–H groups in total. The average molecular weight is 272 g/mol. The number of H-pyrrole nitrogens is 1. The molecule has 1 aromatic carbocycles. The number of aromatic amines is 1. The van der Waals surface area contributed by atoms with Crippen LogP contribution in [0, 0.1) is 0 Å². The van der Waals surface area contributed by atoms with E-state index in [9.17, 15) is 10.2 Å². The molecule has 0 aliphatic rings. The Kier molecular flexibility index (Phi) is 3.99. The van der Waals surface area contributed by atoms with Crippen LogP contribution in [-0.4, -0.2) is 27.1 Å². The van der Waals surface area contributed by atoms with E-state index in [1.54, 1.807) is 18.3 Å². The lowest BCUT2D eigenvalue weighted by Gasteiger charge is -2.18. The minimum absolute atomic E-state index is 0.422. The number of aliphatic hydroxyl groups is 2. The molecule has 0 saturated carbocycles. The van der Waals surface area contributed by atoms with Crippen LogP contribution in [0.15, 0.2) is 24.4 Å². The van der Waals surface area contributed by atoms with Gasteiger partial charge in [-0.3, -0.25) is 0 Å². The van der Waals surface area contributed by atoms with Gasteiger partial charge in [0.15, 0.2) is 0 Å². The molecule has 0 aliphatic carbocycles. The highest BCUT2D eigenvalue weighted by molar-refractivity contribution is 7.80. The molecule has 2 aromatic rings. The minimum Gasteiger partial charge on any atom is -0.390 e. The second-order valence-electron chi connectivity index (χ2n) is 3.96. The van der Waals surface area contributed by atoms with Gasteiger partial charge in [0.2, 0.25) is 0 Å².